The van der Waals surface area contributed by atoms with Gasteiger partial charge in [-0.25, -0.2) is 0 Å². The van der Waals surface area contributed by atoms with E-state index in [0.29, 0.717) is 12.5 Å². The highest BCUT2D eigenvalue weighted by molar-refractivity contribution is 5.75. The van der Waals surface area contributed by atoms with Crippen LogP contribution in [0, 0.1) is 5.92 Å². The molecule has 100 valence electrons. The van der Waals surface area contributed by atoms with Gasteiger partial charge in [-0.15, -0.1) is 0 Å². The van der Waals surface area contributed by atoms with Gasteiger partial charge in [0.2, 0.25) is 5.91 Å². The highest BCUT2D eigenvalue weighted by atomic mass is 16.3. The van der Waals surface area contributed by atoms with Gasteiger partial charge < -0.3 is 10.4 Å². The molecule has 3 heteroatoms. The number of benzene rings is 1. The van der Waals surface area contributed by atoms with Crippen molar-refractivity contribution in [3.8, 4) is 0 Å². The Morgan fingerprint density at radius 2 is 1.83 bits per heavy atom. The third-order valence-corrected chi connectivity index (χ3v) is 2.74. The number of rotatable bonds is 7. The largest absolute Gasteiger partial charge is 0.396 e. The Balaban J connectivity index is 2.33. The number of carbonyl (C=O) groups excluding carboxylic acids is 1. The second-order valence-corrected chi connectivity index (χ2v) is 4.99. The van der Waals surface area contributed by atoms with Crippen LogP contribution >= 0.6 is 0 Å². The number of hydrogen-bond acceptors (Lipinski definition) is 2. The van der Waals surface area contributed by atoms with Crippen LogP contribution in [-0.4, -0.2) is 24.2 Å². The van der Waals surface area contributed by atoms with Crippen LogP contribution < -0.4 is 5.32 Å². The van der Waals surface area contributed by atoms with E-state index in [9.17, 15) is 4.79 Å². The summed E-state index contributed by atoms with van der Waals surface area (Å²) in [5.41, 5.74) is 2.59. The van der Waals surface area contributed by atoms with Gasteiger partial charge in [-0.3, -0.25) is 4.79 Å². The SMILES string of the molecule is CC(C)Cc1ccc(CCNC(=O)CCO)cc1. The minimum absolute atomic E-state index is 0.0876. The predicted molar refractivity (Wildman–Crippen MR) is 73.4 cm³/mol. The first kappa shape index (κ1) is 14.7. The van der Waals surface area contributed by atoms with Gasteiger partial charge >= 0.3 is 0 Å². The number of aliphatic hydroxyl groups excluding tert-OH is 1. The summed E-state index contributed by atoms with van der Waals surface area (Å²) in [5, 5.41) is 11.4. The quantitative estimate of drug-likeness (QED) is 0.775. The van der Waals surface area contributed by atoms with Crippen molar-refractivity contribution in [3.63, 3.8) is 0 Å². The maximum Gasteiger partial charge on any atom is 0.222 e. The molecule has 0 saturated carbocycles. The summed E-state index contributed by atoms with van der Waals surface area (Å²) in [6.45, 7) is 4.97. The molecule has 0 aromatic heterocycles. The average molecular weight is 249 g/mol. The highest BCUT2D eigenvalue weighted by Gasteiger charge is 2.00. The standard InChI is InChI=1S/C15H23NO2/c1-12(2)11-14-5-3-13(4-6-14)7-9-16-15(18)8-10-17/h3-6,12,17H,7-11H2,1-2H3,(H,16,18). The summed E-state index contributed by atoms with van der Waals surface area (Å²) >= 11 is 0. The van der Waals surface area contributed by atoms with Gasteiger partial charge in [-0.05, 0) is 29.9 Å². The maximum atomic E-state index is 11.1. The zero-order valence-corrected chi connectivity index (χ0v) is 11.3. The lowest BCUT2D eigenvalue weighted by Crippen LogP contribution is -2.26. The molecular formula is C15H23NO2. The van der Waals surface area contributed by atoms with E-state index in [2.05, 4.69) is 43.4 Å². The normalized spacial score (nSPS) is 10.7. The van der Waals surface area contributed by atoms with Crippen molar-refractivity contribution in [2.75, 3.05) is 13.2 Å². The van der Waals surface area contributed by atoms with Crippen LogP contribution in [0.25, 0.3) is 0 Å². The van der Waals surface area contributed by atoms with Gasteiger partial charge in [0.15, 0.2) is 0 Å². The van der Waals surface area contributed by atoms with Gasteiger partial charge in [0.05, 0.1) is 6.61 Å². The predicted octanol–water partition coefficient (Wildman–Crippen LogP) is 1.93. The van der Waals surface area contributed by atoms with Crippen molar-refractivity contribution >= 4 is 5.91 Å². The molecule has 0 spiro atoms. The van der Waals surface area contributed by atoms with E-state index in [0.717, 1.165) is 12.8 Å². The smallest absolute Gasteiger partial charge is 0.222 e. The molecule has 0 heterocycles. The molecule has 0 radical (unpaired) electrons. The van der Waals surface area contributed by atoms with Crippen LogP contribution in [0.1, 0.15) is 31.4 Å². The van der Waals surface area contributed by atoms with E-state index in [1.807, 2.05) is 0 Å². The molecule has 1 rings (SSSR count). The van der Waals surface area contributed by atoms with E-state index in [-0.39, 0.29) is 18.9 Å². The fourth-order valence-corrected chi connectivity index (χ4v) is 1.85. The van der Waals surface area contributed by atoms with E-state index in [1.54, 1.807) is 0 Å². The molecule has 2 N–H and O–H groups in total. The first-order chi connectivity index (χ1) is 8.61. The summed E-state index contributed by atoms with van der Waals surface area (Å²) in [5.74, 6) is 0.586. The molecule has 0 aliphatic rings. The van der Waals surface area contributed by atoms with Crippen molar-refractivity contribution in [2.45, 2.75) is 33.1 Å². The molecule has 0 unspecified atom stereocenters. The molecule has 3 nitrogen and oxygen atoms in total. The highest BCUT2D eigenvalue weighted by Crippen LogP contribution is 2.09. The Kier molecular flexibility index (Phi) is 6.44. The number of carbonyl (C=O) groups is 1. The van der Waals surface area contributed by atoms with Crippen LogP contribution in [0.5, 0.6) is 0 Å². The van der Waals surface area contributed by atoms with Crippen LogP contribution in [0.2, 0.25) is 0 Å². The Morgan fingerprint density at radius 3 is 2.39 bits per heavy atom. The Morgan fingerprint density at radius 1 is 1.22 bits per heavy atom. The molecule has 0 fully saturated rings. The number of aliphatic hydroxyl groups is 1. The van der Waals surface area contributed by atoms with Gasteiger partial charge in [-0.1, -0.05) is 38.1 Å². The Hall–Kier alpha value is -1.35. The number of nitrogens with one attached hydrogen (secondary N) is 1. The number of amides is 1. The van der Waals surface area contributed by atoms with Gasteiger partial charge in [0.25, 0.3) is 0 Å². The fraction of sp³-hybridized carbons (Fsp3) is 0.533. The molecule has 0 saturated heterocycles. The van der Waals surface area contributed by atoms with Crippen molar-refractivity contribution in [2.24, 2.45) is 5.92 Å². The second-order valence-electron chi connectivity index (χ2n) is 4.99. The zero-order chi connectivity index (χ0) is 13.4. The Labute approximate surface area is 109 Å². The molecule has 18 heavy (non-hydrogen) atoms. The minimum Gasteiger partial charge on any atom is -0.396 e. The van der Waals surface area contributed by atoms with Gasteiger partial charge in [0, 0.05) is 13.0 Å². The molecule has 0 aliphatic heterocycles. The number of hydrogen-bond donors (Lipinski definition) is 2. The molecule has 0 atom stereocenters. The molecular weight excluding hydrogens is 226 g/mol. The fourth-order valence-electron chi connectivity index (χ4n) is 1.85. The van der Waals surface area contributed by atoms with E-state index in [1.165, 1.54) is 11.1 Å². The zero-order valence-electron chi connectivity index (χ0n) is 11.3. The first-order valence-corrected chi connectivity index (χ1v) is 6.57. The van der Waals surface area contributed by atoms with Crippen LogP contribution in [0.4, 0.5) is 0 Å². The van der Waals surface area contributed by atoms with E-state index >= 15 is 0 Å². The van der Waals surface area contributed by atoms with Gasteiger partial charge in [0.1, 0.15) is 0 Å². The molecule has 0 bridgehead atoms. The first-order valence-electron chi connectivity index (χ1n) is 6.57. The molecule has 1 amide bonds. The van der Waals surface area contributed by atoms with Crippen molar-refractivity contribution in [1.29, 1.82) is 0 Å². The summed E-state index contributed by atoms with van der Waals surface area (Å²) in [6.07, 6.45) is 2.12. The second kappa shape index (κ2) is 7.88. The van der Waals surface area contributed by atoms with Crippen molar-refractivity contribution < 1.29 is 9.90 Å². The topological polar surface area (TPSA) is 49.3 Å². The van der Waals surface area contributed by atoms with Gasteiger partial charge in [-0.2, -0.15) is 0 Å². The summed E-state index contributed by atoms with van der Waals surface area (Å²) < 4.78 is 0. The third kappa shape index (κ3) is 5.82. The molecule has 1 aromatic rings. The Bertz CT molecular complexity index is 357. The maximum absolute atomic E-state index is 11.1. The third-order valence-electron chi connectivity index (χ3n) is 2.74. The average Bonchev–Trinajstić information content (AvgIpc) is 2.31. The molecule has 0 aliphatic carbocycles. The van der Waals surface area contributed by atoms with Crippen LogP contribution in [-0.2, 0) is 17.6 Å². The lowest BCUT2D eigenvalue weighted by atomic mass is 10.0. The van der Waals surface area contributed by atoms with Crippen molar-refractivity contribution in [1.82, 2.24) is 5.32 Å². The summed E-state index contributed by atoms with van der Waals surface area (Å²) in [7, 11) is 0. The molecule has 1 aromatic carbocycles. The van der Waals surface area contributed by atoms with E-state index in [4.69, 9.17) is 5.11 Å². The lowest BCUT2D eigenvalue weighted by Gasteiger charge is -2.07. The van der Waals surface area contributed by atoms with Crippen molar-refractivity contribution in [3.05, 3.63) is 35.4 Å². The van der Waals surface area contributed by atoms with E-state index < -0.39 is 0 Å². The summed E-state index contributed by atoms with van der Waals surface area (Å²) in [6, 6.07) is 8.56. The van der Waals surface area contributed by atoms with Crippen LogP contribution in [0.3, 0.4) is 0 Å². The minimum atomic E-state index is -0.0890. The van der Waals surface area contributed by atoms with Crippen LogP contribution in [0.15, 0.2) is 24.3 Å². The lowest BCUT2D eigenvalue weighted by molar-refractivity contribution is -0.121. The monoisotopic (exact) mass is 249 g/mol. The summed E-state index contributed by atoms with van der Waals surface area (Å²) in [4.78, 5) is 11.1.